The smallest absolute Gasteiger partial charge is 0.306 e. The summed E-state index contributed by atoms with van der Waals surface area (Å²) in [5.74, 6) is -0.466. The molecule has 0 bridgehead atoms. The van der Waals surface area contributed by atoms with E-state index in [1.807, 2.05) is 0 Å². The number of nitrogens with one attached hydrogen (secondary N) is 1. The normalized spacial score (nSPS) is 13.3. The molecule has 0 saturated carbocycles. The summed E-state index contributed by atoms with van der Waals surface area (Å²) in [5.41, 5.74) is 0. The van der Waals surface area contributed by atoms with Gasteiger partial charge in [-0.25, -0.2) is 0 Å². The Bertz CT molecular complexity index is 966. The number of aliphatic hydroxyl groups is 2. The molecular formula is C55H105NO5. The highest BCUT2D eigenvalue weighted by atomic mass is 16.5. The third-order valence-corrected chi connectivity index (χ3v) is 12.5. The Labute approximate surface area is 380 Å². The molecular weight excluding hydrogens is 755 g/mol. The minimum Gasteiger partial charge on any atom is -0.462 e. The maximum Gasteiger partial charge on any atom is 0.306 e. The molecule has 360 valence electrons. The zero-order chi connectivity index (χ0) is 44.5. The first-order valence-corrected chi connectivity index (χ1v) is 27.1. The van der Waals surface area contributed by atoms with Crippen LogP contribution in [0.2, 0.25) is 0 Å². The Balaban J connectivity index is 4.54. The maximum absolute atomic E-state index is 13.2. The molecule has 3 N–H and O–H groups in total. The molecule has 0 rings (SSSR count). The van der Waals surface area contributed by atoms with Crippen molar-refractivity contribution in [2.45, 2.75) is 309 Å². The lowest BCUT2D eigenvalue weighted by atomic mass is 10.0. The van der Waals surface area contributed by atoms with E-state index in [0.717, 1.165) is 64.2 Å². The van der Waals surface area contributed by atoms with E-state index in [1.54, 1.807) is 0 Å². The van der Waals surface area contributed by atoms with E-state index in [1.165, 1.54) is 180 Å². The highest BCUT2D eigenvalue weighted by Gasteiger charge is 2.24. The first-order chi connectivity index (χ1) is 30.0. The van der Waals surface area contributed by atoms with Gasteiger partial charge in [-0.2, -0.15) is 0 Å². The van der Waals surface area contributed by atoms with Gasteiger partial charge in [-0.15, -0.1) is 0 Å². The molecule has 0 aliphatic rings. The lowest BCUT2D eigenvalue weighted by Gasteiger charge is -2.24. The second kappa shape index (κ2) is 49.4. The number of allylic oxidation sites excluding steroid dienone is 4. The number of carbonyl (C=O) groups is 2. The molecule has 1 amide bonds. The Morgan fingerprint density at radius 3 is 1.33 bits per heavy atom. The zero-order valence-corrected chi connectivity index (χ0v) is 41.1. The third-order valence-electron chi connectivity index (χ3n) is 12.5. The molecule has 6 nitrogen and oxygen atoms in total. The fourth-order valence-electron chi connectivity index (χ4n) is 8.47. The molecule has 0 aromatic rings. The summed E-state index contributed by atoms with van der Waals surface area (Å²) in [6.07, 6.45) is 56.7. The minimum atomic E-state index is -0.784. The van der Waals surface area contributed by atoms with Gasteiger partial charge in [0, 0.05) is 6.42 Å². The summed E-state index contributed by atoms with van der Waals surface area (Å²) in [5, 5.41) is 23.8. The van der Waals surface area contributed by atoms with Crippen molar-refractivity contribution >= 4 is 11.9 Å². The van der Waals surface area contributed by atoms with E-state index in [2.05, 4.69) is 50.4 Å². The monoisotopic (exact) mass is 860 g/mol. The number of carbonyl (C=O) groups excluding carboxylic acids is 2. The standard InChI is InChI=1S/C55H105NO5/c1-4-7-10-13-16-19-22-25-27-28-29-31-34-37-40-43-46-51(61-55(60)48-45-42-39-36-33-30-26-23-20-17-14-11-8-5-2)49-54(59)56-52(50-57)53(58)47-44-41-38-35-32-24-21-18-15-12-9-6-3/h8,11,17,20,51-53,57-58H,4-7,9-10,12-16,18-19,21-50H2,1-3H3,(H,56,59)/b11-8+,20-17+. The van der Waals surface area contributed by atoms with Gasteiger partial charge in [0.15, 0.2) is 0 Å². The number of hydrogen-bond donors (Lipinski definition) is 3. The Morgan fingerprint density at radius 2 is 0.885 bits per heavy atom. The van der Waals surface area contributed by atoms with Crippen molar-refractivity contribution in [3.63, 3.8) is 0 Å². The van der Waals surface area contributed by atoms with Crippen LogP contribution in [0.1, 0.15) is 290 Å². The van der Waals surface area contributed by atoms with Gasteiger partial charge in [-0.05, 0) is 51.4 Å². The Kier molecular flexibility index (Phi) is 48.0. The highest BCUT2D eigenvalue weighted by Crippen LogP contribution is 2.19. The fourth-order valence-corrected chi connectivity index (χ4v) is 8.47. The van der Waals surface area contributed by atoms with Crippen LogP contribution in [-0.2, 0) is 14.3 Å². The average Bonchev–Trinajstić information content (AvgIpc) is 3.25. The van der Waals surface area contributed by atoms with Crippen molar-refractivity contribution in [2.24, 2.45) is 0 Å². The summed E-state index contributed by atoms with van der Waals surface area (Å²) in [6, 6.07) is -0.698. The van der Waals surface area contributed by atoms with Crippen molar-refractivity contribution in [2.75, 3.05) is 6.61 Å². The molecule has 0 aromatic carbocycles. The molecule has 0 radical (unpaired) electrons. The summed E-state index contributed by atoms with van der Waals surface area (Å²) >= 11 is 0. The van der Waals surface area contributed by atoms with Crippen LogP contribution in [0.25, 0.3) is 0 Å². The van der Waals surface area contributed by atoms with E-state index >= 15 is 0 Å². The molecule has 0 aliphatic heterocycles. The van der Waals surface area contributed by atoms with Gasteiger partial charge in [-0.1, -0.05) is 251 Å². The number of esters is 1. The van der Waals surface area contributed by atoms with Crippen molar-refractivity contribution in [3.05, 3.63) is 24.3 Å². The van der Waals surface area contributed by atoms with E-state index in [9.17, 15) is 19.8 Å². The van der Waals surface area contributed by atoms with Crippen LogP contribution in [-0.4, -0.2) is 46.9 Å². The van der Waals surface area contributed by atoms with Crippen LogP contribution in [0.4, 0.5) is 0 Å². The fraction of sp³-hybridized carbons (Fsp3) is 0.891. The lowest BCUT2D eigenvalue weighted by Crippen LogP contribution is -2.46. The Hall–Kier alpha value is -1.66. The molecule has 3 unspecified atom stereocenters. The van der Waals surface area contributed by atoms with Crippen LogP contribution < -0.4 is 5.32 Å². The van der Waals surface area contributed by atoms with E-state index in [4.69, 9.17) is 4.74 Å². The van der Waals surface area contributed by atoms with Gasteiger partial charge in [0.25, 0.3) is 0 Å². The summed E-state index contributed by atoms with van der Waals surface area (Å²) < 4.78 is 5.95. The van der Waals surface area contributed by atoms with Crippen LogP contribution in [0.3, 0.4) is 0 Å². The third kappa shape index (κ3) is 44.7. The van der Waals surface area contributed by atoms with Crippen LogP contribution in [0.5, 0.6) is 0 Å². The predicted molar refractivity (Wildman–Crippen MR) is 264 cm³/mol. The SMILES string of the molecule is CC/C=C/C/C=C/CCCCCCCCCC(=O)OC(CCCCCCCCCCCCCCCCCC)CC(=O)NC(CO)C(O)CCCCCCCCCCCCCC. The predicted octanol–water partition coefficient (Wildman–Crippen LogP) is 16.3. The topological polar surface area (TPSA) is 95.9 Å². The number of rotatable bonds is 49. The number of hydrogen-bond acceptors (Lipinski definition) is 5. The summed E-state index contributed by atoms with van der Waals surface area (Å²) in [7, 11) is 0. The Morgan fingerprint density at radius 1 is 0.492 bits per heavy atom. The molecule has 0 saturated heterocycles. The van der Waals surface area contributed by atoms with Crippen molar-refractivity contribution < 1.29 is 24.5 Å². The van der Waals surface area contributed by atoms with Crippen molar-refractivity contribution in [1.82, 2.24) is 5.32 Å². The van der Waals surface area contributed by atoms with Crippen LogP contribution in [0, 0.1) is 0 Å². The highest BCUT2D eigenvalue weighted by molar-refractivity contribution is 5.77. The number of unbranched alkanes of at least 4 members (excludes halogenated alkanes) is 33. The van der Waals surface area contributed by atoms with Crippen molar-refractivity contribution in [3.8, 4) is 0 Å². The molecule has 0 heterocycles. The van der Waals surface area contributed by atoms with Gasteiger partial charge in [0.05, 0.1) is 25.2 Å². The maximum atomic E-state index is 13.2. The van der Waals surface area contributed by atoms with Crippen LogP contribution >= 0.6 is 0 Å². The number of aliphatic hydroxyl groups excluding tert-OH is 2. The van der Waals surface area contributed by atoms with Gasteiger partial charge in [0.2, 0.25) is 5.91 Å². The lowest BCUT2D eigenvalue weighted by molar-refractivity contribution is -0.151. The molecule has 0 aromatic heterocycles. The number of ether oxygens (including phenoxy) is 1. The zero-order valence-electron chi connectivity index (χ0n) is 41.1. The van der Waals surface area contributed by atoms with E-state index in [0.29, 0.717) is 19.3 Å². The molecule has 0 spiro atoms. The van der Waals surface area contributed by atoms with E-state index < -0.39 is 18.2 Å². The second-order valence-corrected chi connectivity index (χ2v) is 18.6. The largest absolute Gasteiger partial charge is 0.462 e. The summed E-state index contributed by atoms with van der Waals surface area (Å²) in [6.45, 7) is 6.40. The van der Waals surface area contributed by atoms with Gasteiger partial charge < -0.3 is 20.3 Å². The van der Waals surface area contributed by atoms with Gasteiger partial charge in [-0.3, -0.25) is 9.59 Å². The molecule has 3 atom stereocenters. The summed E-state index contributed by atoms with van der Waals surface area (Å²) in [4.78, 5) is 26.2. The molecule has 0 aliphatic carbocycles. The average molecular weight is 860 g/mol. The quantitative estimate of drug-likeness (QED) is 0.0322. The first-order valence-electron chi connectivity index (χ1n) is 27.1. The van der Waals surface area contributed by atoms with Gasteiger partial charge >= 0.3 is 5.97 Å². The first kappa shape index (κ1) is 59.3. The molecule has 61 heavy (non-hydrogen) atoms. The minimum absolute atomic E-state index is 0.0803. The van der Waals surface area contributed by atoms with Crippen molar-refractivity contribution in [1.29, 1.82) is 0 Å². The number of amides is 1. The second-order valence-electron chi connectivity index (χ2n) is 18.6. The van der Waals surface area contributed by atoms with Gasteiger partial charge in [0.1, 0.15) is 6.10 Å². The molecule has 0 fully saturated rings. The molecule has 6 heteroatoms. The van der Waals surface area contributed by atoms with Crippen LogP contribution in [0.15, 0.2) is 24.3 Å². The van der Waals surface area contributed by atoms with E-state index in [-0.39, 0.29) is 24.9 Å².